The molecule has 1 aromatic carbocycles. The van der Waals surface area contributed by atoms with E-state index in [1.807, 2.05) is 0 Å². The molecule has 1 heteroatoms. The molecule has 2 rings (SSSR count). The molecule has 0 amide bonds. The van der Waals surface area contributed by atoms with E-state index < -0.39 is 0 Å². The van der Waals surface area contributed by atoms with Gasteiger partial charge in [-0.05, 0) is 44.7 Å². The van der Waals surface area contributed by atoms with Crippen molar-refractivity contribution in [2.45, 2.75) is 58.9 Å². The van der Waals surface area contributed by atoms with E-state index in [0.717, 1.165) is 12.5 Å². The van der Waals surface area contributed by atoms with Crippen LogP contribution in [-0.4, -0.2) is 6.54 Å². The van der Waals surface area contributed by atoms with E-state index in [9.17, 15) is 0 Å². The summed E-state index contributed by atoms with van der Waals surface area (Å²) in [6, 6.07) is 6.82. The lowest BCUT2D eigenvalue weighted by atomic mass is 10.0. The molecule has 0 spiro atoms. The highest BCUT2D eigenvalue weighted by Crippen LogP contribution is 2.28. The van der Waals surface area contributed by atoms with Crippen molar-refractivity contribution in [3.63, 3.8) is 0 Å². The molecular weight excluding hydrogens is 218 g/mol. The second kappa shape index (κ2) is 6.94. The van der Waals surface area contributed by atoms with Crippen molar-refractivity contribution in [3.8, 4) is 0 Å². The number of rotatable bonds is 6. The summed E-state index contributed by atoms with van der Waals surface area (Å²) in [5.41, 5.74) is 4.17. The number of hydrogen-bond donors (Lipinski definition) is 1. The number of hydrogen-bond acceptors (Lipinski definition) is 1. The molecule has 1 aliphatic rings. The van der Waals surface area contributed by atoms with Crippen LogP contribution in [0.2, 0.25) is 0 Å². The van der Waals surface area contributed by atoms with Crippen molar-refractivity contribution >= 4 is 0 Å². The molecule has 0 atom stereocenters. The zero-order valence-electron chi connectivity index (χ0n) is 12.0. The highest BCUT2D eigenvalue weighted by Gasteiger charge is 2.13. The summed E-state index contributed by atoms with van der Waals surface area (Å²) in [6.07, 6.45) is 8.69. The van der Waals surface area contributed by atoms with E-state index in [1.165, 1.54) is 61.8 Å². The van der Waals surface area contributed by atoms with Crippen LogP contribution in [0.15, 0.2) is 18.2 Å². The summed E-state index contributed by atoms with van der Waals surface area (Å²) in [4.78, 5) is 0. The van der Waals surface area contributed by atoms with Gasteiger partial charge >= 0.3 is 0 Å². The van der Waals surface area contributed by atoms with Crippen LogP contribution in [0.4, 0.5) is 0 Å². The van der Waals surface area contributed by atoms with Crippen LogP contribution in [0.1, 0.15) is 55.2 Å². The average molecular weight is 245 g/mol. The Bertz CT molecular complexity index is 344. The molecule has 0 aromatic heterocycles. The van der Waals surface area contributed by atoms with Crippen LogP contribution in [-0.2, 0) is 6.54 Å². The summed E-state index contributed by atoms with van der Waals surface area (Å²) in [7, 11) is 0. The molecule has 0 saturated heterocycles. The minimum absolute atomic E-state index is 1.02. The van der Waals surface area contributed by atoms with Crippen molar-refractivity contribution < 1.29 is 0 Å². The lowest BCUT2D eigenvalue weighted by Gasteiger charge is -2.10. The van der Waals surface area contributed by atoms with Crippen molar-refractivity contribution in [2.75, 3.05) is 6.54 Å². The normalized spacial score (nSPS) is 16.3. The van der Waals surface area contributed by atoms with Gasteiger partial charge in [0.05, 0.1) is 0 Å². The Balaban J connectivity index is 1.62. The number of aryl methyl sites for hydroxylation is 2. The van der Waals surface area contributed by atoms with Crippen molar-refractivity contribution in [3.05, 3.63) is 34.9 Å². The van der Waals surface area contributed by atoms with Gasteiger partial charge in [-0.15, -0.1) is 0 Å². The van der Waals surface area contributed by atoms with Crippen LogP contribution in [0, 0.1) is 19.8 Å². The summed E-state index contributed by atoms with van der Waals surface area (Å²) >= 11 is 0. The Morgan fingerprint density at radius 1 is 1.06 bits per heavy atom. The Morgan fingerprint density at radius 3 is 2.39 bits per heavy atom. The first-order valence-electron chi connectivity index (χ1n) is 7.52. The monoisotopic (exact) mass is 245 g/mol. The smallest absolute Gasteiger partial charge is 0.0205 e. The SMILES string of the molecule is Cc1cc(C)cc(CNCCCC2CCCC2)c1. The average Bonchev–Trinajstić information content (AvgIpc) is 2.80. The third-order valence-electron chi connectivity index (χ3n) is 4.05. The Hall–Kier alpha value is -0.820. The lowest BCUT2D eigenvalue weighted by Crippen LogP contribution is -2.15. The van der Waals surface area contributed by atoms with Crippen molar-refractivity contribution in [1.29, 1.82) is 0 Å². The van der Waals surface area contributed by atoms with Crippen LogP contribution in [0.3, 0.4) is 0 Å². The predicted molar refractivity (Wildman–Crippen MR) is 78.8 cm³/mol. The summed E-state index contributed by atoms with van der Waals surface area (Å²) in [5, 5.41) is 3.58. The van der Waals surface area contributed by atoms with E-state index in [1.54, 1.807) is 0 Å². The molecule has 0 bridgehead atoms. The van der Waals surface area contributed by atoms with Crippen molar-refractivity contribution in [1.82, 2.24) is 5.32 Å². The van der Waals surface area contributed by atoms with Gasteiger partial charge < -0.3 is 5.32 Å². The first kappa shape index (κ1) is 13.6. The van der Waals surface area contributed by atoms with Gasteiger partial charge in [-0.3, -0.25) is 0 Å². The molecular formula is C17H27N. The molecule has 0 aliphatic heterocycles. The summed E-state index contributed by atoms with van der Waals surface area (Å²) < 4.78 is 0. The molecule has 100 valence electrons. The van der Waals surface area contributed by atoms with Gasteiger partial charge in [0, 0.05) is 6.54 Å². The summed E-state index contributed by atoms with van der Waals surface area (Å²) in [5.74, 6) is 1.04. The highest BCUT2D eigenvalue weighted by atomic mass is 14.8. The van der Waals surface area contributed by atoms with Gasteiger partial charge in [0.1, 0.15) is 0 Å². The fourth-order valence-corrected chi connectivity index (χ4v) is 3.22. The summed E-state index contributed by atoms with van der Waals surface area (Å²) in [6.45, 7) is 6.55. The minimum Gasteiger partial charge on any atom is -0.313 e. The zero-order chi connectivity index (χ0) is 12.8. The molecule has 1 saturated carbocycles. The first-order chi connectivity index (χ1) is 8.74. The molecule has 0 heterocycles. The Morgan fingerprint density at radius 2 is 1.72 bits per heavy atom. The minimum atomic E-state index is 1.02. The molecule has 1 aliphatic carbocycles. The van der Waals surface area contributed by atoms with Gasteiger partial charge in [0.25, 0.3) is 0 Å². The number of nitrogens with one attached hydrogen (secondary N) is 1. The van der Waals surface area contributed by atoms with E-state index in [2.05, 4.69) is 37.4 Å². The Labute approximate surface area is 112 Å². The van der Waals surface area contributed by atoms with Gasteiger partial charge in [-0.25, -0.2) is 0 Å². The maximum atomic E-state index is 3.58. The van der Waals surface area contributed by atoms with Crippen molar-refractivity contribution in [2.24, 2.45) is 5.92 Å². The first-order valence-corrected chi connectivity index (χ1v) is 7.52. The second-order valence-electron chi connectivity index (χ2n) is 5.97. The van der Waals surface area contributed by atoms with E-state index in [4.69, 9.17) is 0 Å². The molecule has 1 N–H and O–H groups in total. The topological polar surface area (TPSA) is 12.0 Å². The highest BCUT2D eigenvalue weighted by molar-refractivity contribution is 5.28. The molecule has 18 heavy (non-hydrogen) atoms. The van der Waals surface area contributed by atoms with Crippen LogP contribution in [0.25, 0.3) is 0 Å². The maximum absolute atomic E-state index is 3.58. The fraction of sp³-hybridized carbons (Fsp3) is 0.647. The van der Waals surface area contributed by atoms with Crippen LogP contribution in [0.5, 0.6) is 0 Å². The second-order valence-corrected chi connectivity index (χ2v) is 5.97. The largest absolute Gasteiger partial charge is 0.313 e. The van der Waals surface area contributed by atoms with E-state index >= 15 is 0 Å². The van der Waals surface area contributed by atoms with Gasteiger partial charge in [0.15, 0.2) is 0 Å². The molecule has 1 aromatic rings. The molecule has 1 nitrogen and oxygen atoms in total. The predicted octanol–water partition coefficient (Wildman–Crippen LogP) is 4.36. The molecule has 1 fully saturated rings. The van der Waals surface area contributed by atoms with Gasteiger partial charge in [-0.1, -0.05) is 55.0 Å². The van der Waals surface area contributed by atoms with E-state index in [0.29, 0.717) is 0 Å². The van der Waals surface area contributed by atoms with Gasteiger partial charge in [0.2, 0.25) is 0 Å². The lowest BCUT2D eigenvalue weighted by molar-refractivity contribution is 0.470. The standard InChI is InChI=1S/C17H27N/c1-14-10-15(2)12-17(11-14)13-18-9-5-8-16-6-3-4-7-16/h10-12,16,18H,3-9,13H2,1-2H3. The van der Waals surface area contributed by atoms with Crippen LogP contribution < -0.4 is 5.32 Å². The molecule has 0 unspecified atom stereocenters. The quantitative estimate of drug-likeness (QED) is 0.734. The number of benzene rings is 1. The molecule has 0 radical (unpaired) electrons. The fourth-order valence-electron chi connectivity index (χ4n) is 3.22. The Kier molecular flexibility index (Phi) is 5.25. The van der Waals surface area contributed by atoms with Gasteiger partial charge in [-0.2, -0.15) is 0 Å². The zero-order valence-corrected chi connectivity index (χ0v) is 12.0. The third kappa shape index (κ3) is 4.45. The maximum Gasteiger partial charge on any atom is 0.0205 e. The van der Waals surface area contributed by atoms with E-state index in [-0.39, 0.29) is 0 Å². The third-order valence-corrected chi connectivity index (χ3v) is 4.05. The van der Waals surface area contributed by atoms with Crippen LogP contribution >= 0.6 is 0 Å².